The standard InChI is InChI=1S/C19H20N4O2/c1-11-2-5-15-13(8-11)14(9-16(21-15)12-3-4-12)19-22-18(23-25-19)17-10-24-7-6-20-17/h2,5,8-9,12,17,20H,3-4,6-7,10H2,1H3/t17-/m0/s1. The smallest absolute Gasteiger partial charge is 0.258 e. The number of rotatable bonds is 3. The Morgan fingerprint density at radius 1 is 1.16 bits per heavy atom. The number of fused-ring (bicyclic) bond motifs is 1. The van der Waals surface area contributed by atoms with Crippen LogP contribution >= 0.6 is 0 Å². The molecule has 0 amide bonds. The quantitative estimate of drug-likeness (QED) is 0.792. The van der Waals surface area contributed by atoms with Crippen LogP contribution in [0.4, 0.5) is 0 Å². The number of hydrogen-bond donors (Lipinski definition) is 1. The minimum Gasteiger partial charge on any atom is -0.378 e. The molecule has 3 aromatic rings. The molecule has 1 aromatic carbocycles. The van der Waals surface area contributed by atoms with Crippen LogP contribution in [0, 0.1) is 6.92 Å². The van der Waals surface area contributed by atoms with Crippen molar-refractivity contribution in [3.63, 3.8) is 0 Å². The molecule has 2 aliphatic rings. The Bertz CT molecular complexity index is 926. The monoisotopic (exact) mass is 336 g/mol. The van der Waals surface area contributed by atoms with Crippen LogP contribution in [0.2, 0.25) is 0 Å². The average Bonchev–Trinajstić information content (AvgIpc) is 3.38. The lowest BCUT2D eigenvalue weighted by Crippen LogP contribution is -2.35. The Balaban J connectivity index is 1.61. The summed E-state index contributed by atoms with van der Waals surface area (Å²) in [6, 6.07) is 8.43. The van der Waals surface area contributed by atoms with Crippen molar-refractivity contribution in [2.75, 3.05) is 19.8 Å². The molecule has 1 aliphatic heterocycles. The van der Waals surface area contributed by atoms with E-state index in [2.05, 4.69) is 46.6 Å². The molecule has 2 fully saturated rings. The average molecular weight is 336 g/mol. The minimum absolute atomic E-state index is 0.0102. The van der Waals surface area contributed by atoms with Crippen LogP contribution < -0.4 is 5.32 Å². The summed E-state index contributed by atoms with van der Waals surface area (Å²) in [5, 5.41) is 8.61. The van der Waals surface area contributed by atoms with E-state index in [4.69, 9.17) is 14.2 Å². The summed E-state index contributed by atoms with van der Waals surface area (Å²) >= 11 is 0. The number of ether oxygens (including phenoxy) is 1. The third kappa shape index (κ3) is 2.81. The van der Waals surface area contributed by atoms with Crippen molar-refractivity contribution in [2.45, 2.75) is 31.7 Å². The highest BCUT2D eigenvalue weighted by atomic mass is 16.5. The predicted molar refractivity (Wildman–Crippen MR) is 93.3 cm³/mol. The number of nitrogens with zero attached hydrogens (tertiary/aromatic N) is 3. The lowest BCUT2D eigenvalue weighted by atomic mass is 10.0. The number of benzene rings is 1. The van der Waals surface area contributed by atoms with E-state index >= 15 is 0 Å². The second-order valence-electron chi connectivity index (χ2n) is 6.93. The van der Waals surface area contributed by atoms with Crippen LogP contribution in [-0.2, 0) is 4.74 Å². The Morgan fingerprint density at radius 3 is 2.88 bits per heavy atom. The van der Waals surface area contributed by atoms with Gasteiger partial charge in [0.2, 0.25) is 0 Å². The van der Waals surface area contributed by atoms with Crippen LogP contribution in [0.3, 0.4) is 0 Å². The molecular weight excluding hydrogens is 316 g/mol. The van der Waals surface area contributed by atoms with Gasteiger partial charge in [0.15, 0.2) is 5.82 Å². The van der Waals surface area contributed by atoms with Crippen molar-refractivity contribution < 1.29 is 9.26 Å². The maximum absolute atomic E-state index is 5.62. The van der Waals surface area contributed by atoms with Crippen LogP contribution in [0.1, 0.15) is 41.9 Å². The van der Waals surface area contributed by atoms with Crippen LogP contribution in [-0.4, -0.2) is 34.9 Å². The van der Waals surface area contributed by atoms with Crippen molar-refractivity contribution >= 4 is 10.9 Å². The molecule has 0 spiro atoms. The number of aryl methyl sites for hydroxylation is 1. The second-order valence-corrected chi connectivity index (χ2v) is 6.93. The van der Waals surface area contributed by atoms with Gasteiger partial charge in [-0.1, -0.05) is 16.8 Å². The normalized spacial score (nSPS) is 20.9. The first-order valence-corrected chi connectivity index (χ1v) is 8.84. The maximum Gasteiger partial charge on any atom is 0.258 e. The number of morpholine rings is 1. The zero-order chi connectivity index (χ0) is 16.8. The molecule has 3 heterocycles. The summed E-state index contributed by atoms with van der Waals surface area (Å²) < 4.78 is 11.1. The molecule has 6 heteroatoms. The molecule has 1 saturated heterocycles. The third-order valence-electron chi connectivity index (χ3n) is 4.89. The predicted octanol–water partition coefficient (Wildman–Crippen LogP) is 3.13. The zero-order valence-electron chi connectivity index (χ0n) is 14.2. The molecule has 1 atom stereocenters. The first kappa shape index (κ1) is 15.0. The summed E-state index contributed by atoms with van der Waals surface area (Å²) in [5.74, 6) is 1.78. The number of pyridine rings is 1. The van der Waals surface area contributed by atoms with E-state index in [0.717, 1.165) is 35.3 Å². The summed E-state index contributed by atoms with van der Waals surface area (Å²) in [6.45, 7) is 4.18. The van der Waals surface area contributed by atoms with E-state index in [0.29, 0.717) is 24.2 Å². The molecule has 0 unspecified atom stereocenters. The topological polar surface area (TPSA) is 73.1 Å². The van der Waals surface area contributed by atoms with Gasteiger partial charge in [0, 0.05) is 23.5 Å². The highest BCUT2D eigenvalue weighted by Gasteiger charge is 2.28. The Hall–Kier alpha value is -2.31. The van der Waals surface area contributed by atoms with Gasteiger partial charge in [-0.3, -0.25) is 4.98 Å². The summed E-state index contributed by atoms with van der Waals surface area (Å²) in [7, 11) is 0. The summed E-state index contributed by atoms with van der Waals surface area (Å²) in [4.78, 5) is 9.50. The van der Waals surface area contributed by atoms with E-state index in [1.54, 1.807) is 0 Å². The zero-order valence-corrected chi connectivity index (χ0v) is 14.2. The number of nitrogens with one attached hydrogen (secondary N) is 1. The molecule has 128 valence electrons. The minimum atomic E-state index is -0.0102. The molecule has 25 heavy (non-hydrogen) atoms. The van der Waals surface area contributed by atoms with E-state index in [-0.39, 0.29) is 6.04 Å². The highest BCUT2D eigenvalue weighted by molar-refractivity contribution is 5.93. The van der Waals surface area contributed by atoms with Crippen molar-refractivity contribution in [1.82, 2.24) is 20.4 Å². The highest BCUT2D eigenvalue weighted by Crippen LogP contribution is 2.41. The first-order chi connectivity index (χ1) is 12.3. The van der Waals surface area contributed by atoms with Crippen LogP contribution in [0.25, 0.3) is 22.4 Å². The molecule has 2 aromatic heterocycles. The molecule has 1 saturated carbocycles. The van der Waals surface area contributed by atoms with Crippen molar-refractivity contribution in [2.24, 2.45) is 0 Å². The Morgan fingerprint density at radius 2 is 2.08 bits per heavy atom. The second kappa shape index (κ2) is 5.89. The molecule has 6 nitrogen and oxygen atoms in total. The van der Waals surface area contributed by atoms with E-state index in [1.807, 2.05) is 0 Å². The summed E-state index contributed by atoms with van der Waals surface area (Å²) in [6.07, 6.45) is 2.42. The molecule has 1 aliphatic carbocycles. The Labute approximate surface area is 145 Å². The number of aromatic nitrogens is 3. The first-order valence-electron chi connectivity index (χ1n) is 8.84. The van der Waals surface area contributed by atoms with Gasteiger partial charge in [-0.2, -0.15) is 4.98 Å². The molecule has 1 N–H and O–H groups in total. The van der Waals surface area contributed by atoms with E-state index in [9.17, 15) is 0 Å². The van der Waals surface area contributed by atoms with Crippen LogP contribution in [0.15, 0.2) is 28.8 Å². The van der Waals surface area contributed by atoms with E-state index < -0.39 is 0 Å². The molecular formula is C19H20N4O2. The fraction of sp³-hybridized carbons (Fsp3) is 0.421. The molecule has 0 bridgehead atoms. The lowest BCUT2D eigenvalue weighted by molar-refractivity contribution is 0.0734. The van der Waals surface area contributed by atoms with Gasteiger partial charge >= 0.3 is 0 Å². The Kier molecular flexibility index (Phi) is 3.53. The van der Waals surface area contributed by atoms with Gasteiger partial charge < -0.3 is 14.6 Å². The van der Waals surface area contributed by atoms with Gasteiger partial charge in [0.25, 0.3) is 5.89 Å². The fourth-order valence-electron chi connectivity index (χ4n) is 3.34. The lowest BCUT2D eigenvalue weighted by Gasteiger charge is -2.20. The fourth-order valence-corrected chi connectivity index (χ4v) is 3.34. The molecule has 0 radical (unpaired) electrons. The van der Waals surface area contributed by atoms with Gasteiger partial charge in [-0.05, 0) is 38.0 Å². The van der Waals surface area contributed by atoms with Gasteiger partial charge in [-0.25, -0.2) is 0 Å². The van der Waals surface area contributed by atoms with E-state index in [1.165, 1.54) is 18.4 Å². The van der Waals surface area contributed by atoms with Gasteiger partial charge in [0.05, 0.1) is 30.3 Å². The van der Waals surface area contributed by atoms with Crippen molar-refractivity contribution in [1.29, 1.82) is 0 Å². The third-order valence-corrected chi connectivity index (χ3v) is 4.89. The van der Waals surface area contributed by atoms with Crippen molar-refractivity contribution in [3.8, 4) is 11.5 Å². The van der Waals surface area contributed by atoms with Crippen LogP contribution in [0.5, 0.6) is 0 Å². The largest absolute Gasteiger partial charge is 0.378 e. The maximum atomic E-state index is 5.62. The number of hydrogen-bond acceptors (Lipinski definition) is 6. The van der Waals surface area contributed by atoms with Crippen molar-refractivity contribution in [3.05, 3.63) is 41.3 Å². The summed E-state index contributed by atoms with van der Waals surface area (Å²) in [5.41, 5.74) is 4.29. The van der Waals surface area contributed by atoms with Gasteiger partial charge in [-0.15, -0.1) is 0 Å². The van der Waals surface area contributed by atoms with Gasteiger partial charge in [0.1, 0.15) is 0 Å². The SMILES string of the molecule is Cc1ccc2nc(C3CC3)cc(-c3nc([C@@H]4COCCN4)no3)c2c1. The molecule has 5 rings (SSSR count).